The van der Waals surface area contributed by atoms with Crippen molar-refractivity contribution in [3.63, 3.8) is 0 Å². The standard InChI is InChI=1S/C25H40N6O.HI/c1-21-9-13-29(14-10-21)23-7-5-22(6-8-23)19-27-25(26-2)31-17-15-28(16-18-31)20-24(32)30-11-3-4-12-30;/h5-8,21H,3-4,9-20H2,1-2H3,(H,26,27);1H. The van der Waals surface area contributed by atoms with E-state index in [-0.39, 0.29) is 24.0 Å². The summed E-state index contributed by atoms with van der Waals surface area (Å²) in [7, 11) is 1.85. The SMILES string of the molecule is CN=C(NCc1ccc(N2CCC(C)CC2)cc1)N1CCN(CC(=O)N2CCCC2)CC1.I. The monoisotopic (exact) mass is 568 g/mol. The van der Waals surface area contributed by atoms with Crippen LogP contribution >= 0.6 is 24.0 Å². The van der Waals surface area contributed by atoms with Gasteiger partial charge in [0.2, 0.25) is 5.91 Å². The molecule has 8 heteroatoms. The third-order valence-corrected chi connectivity index (χ3v) is 7.24. The fourth-order valence-electron chi connectivity index (χ4n) is 4.98. The van der Waals surface area contributed by atoms with Crippen LogP contribution in [-0.4, -0.2) is 92.5 Å². The minimum Gasteiger partial charge on any atom is -0.372 e. The summed E-state index contributed by atoms with van der Waals surface area (Å²) < 4.78 is 0. The summed E-state index contributed by atoms with van der Waals surface area (Å²) >= 11 is 0. The van der Waals surface area contributed by atoms with Crippen molar-refractivity contribution in [2.45, 2.75) is 39.2 Å². The van der Waals surface area contributed by atoms with Gasteiger partial charge in [0.1, 0.15) is 0 Å². The summed E-state index contributed by atoms with van der Waals surface area (Å²) in [6.07, 6.45) is 4.89. The summed E-state index contributed by atoms with van der Waals surface area (Å²) in [5, 5.41) is 3.53. The van der Waals surface area contributed by atoms with E-state index in [0.29, 0.717) is 12.5 Å². The number of rotatable bonds is 5. The highest BCUT2D eigenvalue weighted by Gasteiger charge is 2.24. The molecule has 3 saturated heterocycles. The van der Waals surface area contributed by atoms with E-state index in [1.54, 1.807) is 0 Å². The van der Waals surface area contributed by atoms with E-state index in [1.165, 1.54) is 37.2 Å². The quantitative estimate of drug-likeness (QED) is 0.337. The van der Waals surface area contributed by atoms with Gasteiger partial charge in [0.15, 0.2) is 5.96 Å². The second kappa shape index (κ2) is 12.8. The Morgan fingerprint density at radius 3 is 2.18 bits per heavy atom. The van der Waals surface area contributed by atoms with Gasteiger partial charge < -0.3 is 20.0 Å². The molecule has 4 rings (SSSR count). The lowest BCUT2D eigenvalue weighted by Gasteiger charge is -2.36. The Hall–Kier alpha value is -1.55. The van der Waals surface area contributed by atoms with E-state index in [2.05, 4.69) is 56.2 Å². The van der Waals surface area contributed by atoms with Crippen molar-refractivity contribution in [3.8, 4) is 0 Å². The van der Waals surface area contributed by atoms with Gasteiger partial charge in [-0.25, -0.2) is 0 Å². The van der Waals surface area contributed by atoms with Gasteiger partial charge in [0, 0.05) is 71.6 Å². The van der Waals surface area contributed by atoms with Crippen molar-refractivity contribution in [1.29, 1.82) is 0 Å². The first-order chi connectivity index (χ1) is 15.6. The van der Waals surface area contributed by atoms with E-state index < -0.39 is 0 Å². The molecule has 184 valence electrons. The van der Waals surface area contributed by atoms with Crippen molar-refractivity contribution in [1.82, 2.24) is 20.0 Å². The molecule has 1 aromatic rings. The normalized spacial score (nSPS) is 20.7. The molecule has 0 radical (unpaired) electrons. The minimum absolute atomic E-state index is 0. The third-order valence-electron chi connectivity index (χ3n) is 7.24. The Morgan fingerprint density at radius 1 is 0.939 bits per heavy atom. The first-order valence-corrected chi connectivity index (χ1v) is 12.4. The van der Waals surface area contributed by atoms with Gasteiger partial charge in [-0.15, -0.1) is 24.0 Å². The molecule has 0 aliphatic carbocycles. The lowest BCUT2D eigenvalue weighted by molar-refractivity contribution is -0.131. The highest BCUT2D eigenvalue weighted by atomic mass is 127. The third kappa shape index (κ3) is 7.21. The average Bonchev–Trinajstić information content (AvgIpc) is 3.37. The molecule has 7 nitrogen and oxygen atoms in total. The molecular formula is C25H41IN6O. The van der Waals surface area contributed by atoms with Crippen molar-refractivity contribution in [3.05, 3.63) is 29.8 Å². The van der Waals surface area contributed by atoms with Crippen molar-refractivity contribution < 1.29 is 4.79 Å². The molecule has 0 atom stereocenters. The van der Waals surface area contributed by atoms with Gasteiger partial charge in [0.25, 0.3) is 0 Å². The van der Waals surface area contributed by atoms with Crippen molar-refractivity contribution >= 4 is 41.5 Å². The number of likely N-dealkylation sites (tertiary alicyclic amines) is 1. The molecule has 3 aliphatic heterocycles. The van der Waals surface area contributed by atoms with Crippen molar-refractivity contribution in [2.75, 3.05) is 70.9 Å². The van der Waals surface area contributed by atoms with Crippen LogP contribution in [0.5, 0.6) is 0 Å². The van der Waals surface area contributed by atoms with Crippen LogP contribution in [0.1, 0.15) is 38.2 Å². The summed E-state index contributed by atoms with van der Waals surface area (Å²) in [4.78, 5) is 26.0. The number of hydrogen-bond donors (Lipinski definition) is 1. The number of carbonyl (C=O) groups excluding carboxylic acids is 1. The second-order valence-corrected chi connectivity index (χ2v) is 9.59. The van der Waals surface area contributed by atoms with Crippen LogP contribution < -0.4 is 10.2 Å². The highest BCUT2D eigenvalue weighted by molar-refractivity contribution is 14.0. The zero-order chi connectivity index (χ0) is 22.3. The smallest absolute Gasteiger partial charge is 0.236 e. The van der Waals surface area contributed by atoms with Gasteiger partial charge >= 0.3 is 0 Å². The van der Waals surface area contributed by atoms with Crippen LogP contribution in [0.15, 0.2) is 29.3 Å². The lowest BCUT2D eigenvalue weighted by atomic mass is 9.99. The maximum absolute atomic E-state index is 12.4. The van der Waals surface area contributed by atoms with E-state index in [1.807, 2.05) is 11.9 Å². The number of halogens is 1. The minimum atomic E-state index is 0. The zero-order valence-corrected chi connectivity index (χ0v) is 22.7. The van der Waals surface area contributed by atoms with Crippen LogP contribution in [0.2, 0.25) is 0 Å². The highest BCUT2D eigenvalue weighted by Crippen LogP contribution is 2.23. The molecule has 1 aromatic carbocycles. The molecule has 3 heterocycles. The molecular weight excluding hydrogens is 527 g/mol. The number of nitrogens with one attached hydrogen (secondary N) is 1. The summed E-state index contributed by atoms with van der Waals surface area (Å²) in [5.41, 5.74) is 2.61. The number of benzene rings is 1. The van der Waals surface area contributed by atoms with E-state index in [0.717, 1.165) is 70.5 Å². The van der Waals surface area contributed by atoms with Gasteiger partial charge in [-0.1, -0.05) is 19.1 Å². The van der Waals surface area contributed by atoms with Gasteiger partial charge in [0.05, 0.1) is 6.54 Å². The van der Waals surface area contributed by atoms with Gasteiger partial charge in [-0.2, -0.15) is 0 Å². The maximum atomic E-state index is 12.4. The average molecular weight is 569 g/mol. The molecule has 0 bridgehead atoms. The Labute approximate surface area is 216 Å². The predicted octanol–water partition coefficient (Wildman–Crippen LogP) is 2.86. The molecule has 0 spiro atoms. The van der Waals surface area contributed by atoms with E-state index in [4.69, 9.17) is 0 Å². The van der Waals surface area contributed by atoms with Crippen LogP contribution in [0.25, 0.3) is 0 Å². The Kier molecular flexibility index (Phi) is 10.1. The molecule has 3 aliphatic rings. The molecule has 1 N–H and O–H groups in total. The largest absolute Gasteiger partial charge is 0.372 e. The number of carbonyl (C=O) groups is 1. The van der Waals surface area contributed by atoms with Crippen LogP contribution in [0.3, 0.4) is 0 Å². The number of aliphatic imine (C=N–C) groups is 1. The number of piperazine rings is 1. The first kappa shape index (κ1) is 26.1. The Morgan fingerprint density at radius 2 is 1.58 bits per heavy atom. The molecule has 0 saturated carbocycles. The maximum Gasteiger partial charge on any atom is 0.236 e. The number of guanidine groups is 1. The Bertz CT molecular complexity index is 764. The van der Waals surface area contributed by atoms with Crippen molar-refractivity contribution in [2.24, 2.45) is 10.9 Å². The number of piperidine rings is 1. The van der Waals surface area contributed by atoms with Gasteiger partial charge in [-0.05, 0) is 49.3 Å². The summed E-state index contributed by atoms with van der Waals surface area (Å²) in [6.45, 7) is 11.5. The second-order valence-electron chi connectivity index (χ2n) is 9.59. The molecule has 3 fully saturated rings. The number of amides is 1. The van der Waals surface area contributed by atoms with Crippen LogP contribution in [-0.2, 0) is 11.3 Å². The number of anilines is 1. The molecule has 33 heavy (non-hydrogen) atoms. The fraction of sp³-hybridized carbons (Fsp3) is 0.680. The number of nitrogens with zero attached hydrogens (tertiary/aromatic N) is 5. The fourth-order valence-corrected chi connectivity index (χ4v) is 4.98. The first-order valence-electron chi connectivity index (χ1n) is 12.4. The zero-order valence-electron chi connectivity index (χ0n) is 20.3. The number of hydrogen-bond acceptors (Lipinski definition) is 4. The van der Waals surface area contributed by atoms with Gasteiger partial charge in [-0.3, -0.25) is 14.7 Å². The van der Waals surface area contributed by atoms with Crippen LogP contribution in [0, 0.1) is 5.92 Å². The molecule has 0 unspecified atom stereocenters. The van der Waals surface area contributed by atoms with E-state index >= 15 is 0 Å². The lowest BCUT2D eigenvalue weighted by Crippen LogP contribution is -2.54. The summed E-state index contributed by atoms with van der Waals surface area (Å²) in [5.74, 6) is 2.10. The van der Waals surface area contributed by atoms with Crippen LogP contribution in [0.4, 0.5) is 5.69 Å². The topological polar surface area (TPSA) is 54.4 Å². The molecule has 1 amide bonds. The Balaban J connectivity index is 0.00000306. The molecule has 0 aromatic heterocycles. The summed E-state index contributed by atoms with van der Waals surface area (Å²) in [6, 6.07) is 8.98. The van der Waals surface area contributed by atoms with E-state index in [9.17, 15) is 4.79 Å². The predicted molar refractivity (Wildman–Crippen MR) is 146 cm³/mol.